The Bertz CT molecular complexity index is 799. The second kappa shape index (κ2) is 7.65. The van der Waals surface area contributed by atoms with E-state index in [0.717, 1.165) is 55.6 Å². The lowest BCUT2D eigenvalue weighted by molar-refractivity contribution is 0.614. The van der Waals surface area contributed by atoms with Crippen molar-refractivity contribution in [2.45, 2.75) is 32.9 Å². The summed E-state index contributed by atoms with van der Waals surface area (Å²) in [5.41, 5.74) is 3.33. The molecule has 1 aliphatic rings. The van der Waals surface area contributed by atoms with Crippen molar-refractivity contribution in [3.8, 4) is 0 Å². The summed E-state index contributed by atoms with van der Waals surface area (Å²) in [5, 5.41) is 6.82. The Balaban J connectivity index is 1.68. The Morgan fingerprint density at radius 1 is 1.32 bits per heavy atom. The van der Waals surface area contributed by atoms with Gasteiger partial charge in [-0.2, -0.15) is 4.98 Å². The lowest BCUT2D eigenvalue weighted by Crippen LogP contribution is -2.28. The molecule has 0 saturated heterocycles. The van der Waals surface area contributed by atoms with Gasteiger partial charge in [0.1, 0.15) is 5.82 Å². The van der Waals surface area contributed by atoms with Crippen molar-refractivity contribution in [2.24, 2.45) is 0 Å². The van der Waals surface area contributed by atoms with Gasteiger partial charge >= 0.3 is 0 Å². The summed E-state index contributed by atoms with van der Waals surface area (Å²) < 4.78 is 1.81. The van der Waals surface area contributed by atoms with Crippen LogP contribution in [0.25, 0.3) is 0 Å². The normalized spacial score (nSPS) is 13.4. The molecular weight excluding hydrogens is 316 g/mol. The first-order chi connectivity index (χ1) is 12.1. The van der Waals surface area contributed by atoms with Crippen molar-refractivity contribution in [3.05, 3.63) is 45.5 Å². The summed E-state index contributed by atoms with van der Waals surface area (Å²) >= 11 is 0. The summed E-state index contributed by atoms with van der Waals surface area (Å²) in [6, 6.07) is 5.37. The molecule has 0 fully saturated rings. The van der Waals surface area contributed by atoms with Crippen LogP contribution in [0.5, 0.6) is 0 Å². The highest BCUT2D eigenvalue weighted by Crippen LogP contribution is 2.22. The number of pyridine rings is 1. The molecule has 0 atom stereocenters. The van der Waals surface area contributed by atoms with Crippen molar-refractivity contribution in [3.63, 3.8) is 0 Å². The van der Waals surface area contributed by atoms with Crippen LogP contribution >= 0.6 is 0 Å². The number of aromatic nitrogens is 3. The van der Waals surface area contributed by atoms with E-state index in [1.54, 1.807) is 12.1 Å². The lowest BCUT2D eigenvalue weighted by Gasteiger charge is -2.22. The molecule has 134 valence electrons. The minimum Gasteiger partial charge on any atom is -0.370 e. The van der Waals surface area contributed by atoms with Crippen LogP contribution in [-0.2, 0) is 19.5 Å². The molecule has 0 radical (unpaired) electrons. The van der Waals surface area contributed by atoms with E-state index in [4.69, 9.17) is 0 Å². The van der Waals surface area contributed by atoms with E-state index in [2.05, 4.69) is 20.6 Å². The molecular formula is C18H26N6O. The molecule has 2 N–H and O–H groups in total. The van der Waals surface area contributed by atoms with Crippen LogP contribution in [0.4, 0.5) is 11.8 Å². The van der Waals surface area contributed by atoms with Crippen LogP contribution in [0.1, 0.15) is 23.4 Å². The van der Waals surface area contributed by atoms with Crippen LogP contribution in [0.15, 0.2) is 23.0 Å². The number of nitrogens with zero attached hydrogens (tertiary/aromatic N) is 4. The highest BCUT2D eigenvalue weighted by atomic mass is 16.1. The van der Waals surface area contributed by atoms with Gasteiger partial charge in [-0.1, -0.05) is 6.07 Å². The highest BCUT2D eigenvalue weighted by Gasteiger charge is 2.18. The van der Waals surface area contributed by atoms with Gasteiger partial charge in [0.25, 0.3) is 5.56 Å². The van der Waals surface area contributed by atoms with Crippen molar-refractivity contribution < 1.29 is 0 Å². The molecule has 0 aromatic carbocycles. The Kier molecular flexibility index (Phi) is 5.33. The van der Waals surface area contributed by atoms with Gasteiger partial charge in [0.15, 0.2) is 0 Å². The number of aryl methyl sites for hydroxylation is 1. The van der Waals surface area contributed by atoms with E-state index in [0.29, 0.717) is 6.54 Å². The molecule has 0 spiro atoms. The third-order valence-corrected chi connectivity index (χ3v) is 4.44. The standard InChI is InChI=1S/C18H26N6O/c1-13-6-4-7-16(25)24(13)11-5-9-20-17-14-8-10-19-12-15(14)21-18(22-17)23(2)3/h4,6-7,19H,5,8-12H2,1-3H3,(H,20,21,22). The van der Waals surface area contributed by atoms with E-state index in [1.165, 1.54) is 5.56 Å². The first-order valence-corrected chi connectivity index (χ1v) is 8.74. The molecule has 0 saturated carbocycles. The Morgan fingerprint density at radius 3 is 2.92 bits per heavy atom. The SMILES string of the molecule is Cc1cccc(=O)n1CCCNc1nc(N(C)C)nc2c1CCNC2. The molecule has 25 heavy (non-hydrogen) atoms. The van der Waals surface area contributed by atoms with Crippen LogP contribution in [-0.4, -0.2) is 41.7 Å². The van der Waals surface area contributed by atoms with Crippen molar-refractivity contribution in [2.75, 3.05) is 37.4 Å². The van der Waals surface area contributed by atoms with Crippen LogP contribution < -0.4 is 21.1 Å². The number of hydrogen-bond donors (Lipinski definition) is 2. The fourth-order valence-corrected chi connectivity index (χ4v) is 3.05. The average molecular weight is 342 g/mol. The van der Waals surface area contributed by atoms with E-state index in [1.807, 2.05) is 36.6 Å². The maximum absolute atomic E-state index is 11.9. The second-order valence-electron chi connectivity index (χ2n) is 6.56. The van der Waals surface area contributed by atoms with Crippen molar-refractivity contribution in [1.82, 2.24) is 19.9 Å². The largest absolute Gasteiger partial charge is 0.370 e. The zero-order valence-electron chi connectivity index (χ0n) is 15.2. The van der Waals surface area contributed by atoms with Crippen LogP contribution in [0.2, 0.25) is 0 Å². The van der Waals surface area contributed by atoms with E-state index >= 15 is 0 Å². The molecule has 3 rings (SSSR count). The van der Waals surface area contributed by atoms with Gasteiger partial charge in [-0.25, -0.2) is 4.98 Å². The van der Waals surface area contributed by atoms with Gasteiger partial charge in [-0.15, -0.1) is 0 Å². The van der Waals surface area contributed by atoms with Crippen LogP contribution in [0, 0.1) is 6.92 Å². The fraction of sp³-hybridized carbons (Fsp3) is 0.500. The van der Waals surface area contributed by atoms with Gasteiger partial charge in [0.2, 0.25) is 5.95 Å². The molecule has 3 heterocycles. The molecule has 2 aromatic heterocycles. The molecule has 0 aliphatic carbocycles. The maximum atomic E-state index is 11.9. The van der Waals surface area contributed by atoms with Crippen molar-refractivity contribution in [1.29, 1.82) is 0 Å². The van der Waals surface area contributed by atoms with E-state index in [-0.39, 0.29) is 5.56 Å². The first kappa shape index (κ1) is 17.4. The highest BCUT2D eigenvalue weighted by molar-refractivity contribution is 5.52. The number of rotatable bonds is 6. The Morgan fingerprint density at radius 2 is 2.16 bits per heavy atom. The topological polar surface area (TPSA) is 75.1 Å². The Labute approximate surface area is 148 Å². The number of hydrogen-bond acceptors (Lipinski definition) is 6. The molecule has 2 aromatic rings. The van der Waals surface area contributed by atoms with E-state index in [9.17, 15) is 4.79 Å². The Hall–Kier alpha value is -2.41. The summed E-state index contributed by atoms with van der Waals surface area (Å²) in [6.45, 7) is 5.17. The second-order valence-corrected chi connectivity index (χ2v) is 6.56. The first-order valence-electron chi connectivity index (χ1n) is 8.74. The molecule has 0 bridgehead atoms. The minimum absolute atomic E-state index is 0.0559. The average Bonchev–Trinajstić information content (AvgIpc) is 2.60. The zero-order chi connectivity index (χ0) is 17.8. The lowest BCUT2D eigenvalue weighted by atomic mass is 10.1. The third-order valence-electron chi connectivity index (χ3n) is 4.44. The van der Waals surface area contributed by atoms with Crippen LogP contribution in [0.3, 0.4) is 0 Å². The summed E-state index contributed by atoms with van der Waals surface area (Å²) in [5.74, 6) is 1.65. The predicted molar refractivity (Wildman–Crippen MR) is 100 cm³/mol. The van der Waals surface area contributed by atoms with Crippen molar-refractivity contribution >= 4 is 11.8 Å². The number of nitrogens with one attached hydrogen (secondary N) is 2. The summed E-state index contributed by atoms with van der Waals surface area (Å²) in [7, 11) is 3.90. The maximum Gasteiger partial charge on any atom is 0.250 e. The molecule has 0 unspecified atom stereocenters. The molecule has 7 heteroatoms. The molecule has 1 aliphatic heterocycles. The summed E-state index contributed by atoms with van der Waals surface area (Å²) in [4.78, 5) is 23.2. The minimum atomic E-state index is 0.0559. The van der Waals surface area contributed by atoms with Gasteiger partial charge in [0.05, 0.1) is 5.69 Å². The number of anilines is 2. The smallest absolute Gasteiger partial charge is 0.250 e. The molecule has 7 nitrogen and oxygen atoms in total. The predicted octanol–water partition coefficient (Wildman–Crippen LogP) is 1.16. The van der Waals surface area contributed by atoms with Gasteiger partial charge in [-0.05, 0) is 32.4 Å². The van der Waals surface area contributed by atoms with Gasteiger partial charge in [0, 0.05) is 51.1 Å². The fourth-order valence-electron chi connectivity index (χ4n) is 3.05. The van der Waals surface area contributed by atoms with E-state index < -0.39 is 0 Å². The quantitative estimate of drug-likeness (QED) is 0.768. The molecule has 0 amide bonds. The summed E-state index contributed by atoms with van der Waals surface area (Å²) in [6.07, 6.45) is 1.79. The third kappa shape index (κ3) is 3.99. The number of fused-ring (bicyclic) bond motifs is 1. The van der Waals surface area contributed by atoms with Gasteiger partial charge in [-0.3, -0.25) is 4.79 Å². The zero-order valence-corrected chi connectivity index (χ0v) is 15.2. The van der Waals surface area contributed by atoms with Gasteiger partial charge < -0.3 is 20.1 Å². The monoisotopic (exact) mass is 342 g/mol.